The molecule has 1 heterocycles. The van der Waals surface area contributed by atoms with Crippen LogP contribution < -0.4 is 5.32 Å². The smallest absolute Gasteiger partial charge is 0.338 e. The molecule has 10 unspecified atom stereocenters. The molecule has 0 spiro atoms. The molecule has 4 aliphatic rings. The number of esters is 4. The molecule has 69 heavy (non-hydrogen) atoms. The maximum absolute atomic E-state index is 16.1. The third kappa shape index (κ3) is 9.60. The average molecular weight is 984 g/mol. The van der Waals surface area contributed by atoms with E-state index in [1.54, 1.807) is 107 Å². The summed E-state index contributed by atoms with van der Waals surface area (Å²) < 4.78 is 38.2. The second-order valence-corrected chi connectivity index (χ2v) is 26.0. The van der Waals surface area contributed by atoms with Crippen LogP contribution in [0.1, 0.15) is 93.6 Å². The van der Waals surface area contributed by atoms with Gasteiger partial charge in [-0.15, -0.1) is 0 Å². The fourth-order valence-corrected chi connectivity index (χ4v) is 13.2. The lowest BCUT2D eigenvalue weighted by Crippen LogP contribution is -2.81. The molecule has 2 N–H and O–H groups in total. The predicted molar refractivity (Wildman–Crippen MR) is 256 cm³/mol. The Morgan fingerprint density at radius 3 is 1.91 bits per heavy atom. The minimum atomic E-state index is -2.70. The molecule has 368 valence electrons. The quantitative estimate of drug-likeness (QED) is 0.0775. The van der Waals surface area contributed by atoms with Crippen molar-refractivity contribution in [2.24, 2.45) is 16.7 Å². The van der Waals surface area contributed by atoms with Crippen LogP contribution >= 0.6 is 11.8 Å². The first kappa shape index (κ1) is 51.4. The Morgan fingerprint density at radius 2 is 1.39 bits per heavy atom. The van der Waals surface area contributed by atoms with E-state index in [9.17, 15) is 29.1 Å². The molecule has 2 saturated carbocycles. The highest BCUT2D eigenvalue weighted by Gasteiger charge is 2.78. The summed E-state index contributed by atoms with van der Waals surface area (Å²) in [5, 5.41) is 15.8. The highest BCUT2D eigenvalue weighted by molar-refractivity contribution is 8.14. The van der Waals surface area contributed by atoms with Gasteiger partial charge in [-0.1, -0.05) is 99.3 Å². The Bertz CT molecular complexity index is 2530. The molecule has 3 aliphatic carbocycles. The largest absolute Gasteiger partial charge is 0.456 e. The Morgan fingerprint density at radius 1 is 0.812 bits per heavy atom. The molecule has 17 heteroatoms. The average Bonchev–Trinajstić information content (AvgIpc) is 3.28. The lowest BCUT2D eigenvalue weighted by molar-refractivity contribution is -0.331. The maximum Gasteiger partial charge on any atom is 0.338 e. The third-order valence-corrected chi connectivity index (χ3v) is 16.5. The zero-order chi connectivity index (χ0) is 50.4. The predicted octanol–water partition coefficient (Wildman–Crippen LogP) is 6.88. The number of ether oxygens (including phenoxy) is 5. The fraction of sp³-hybridized carbons (Fsp3) is 0.481. The van der Waals surface area contributed by atoms with Crippen molar-refractivity contribution in [1.29, 1.82) is 0 Å². The van der Waals surface area contributed by atoms with E-state index in [-0.39, 0.29) is 34.9 Å². The van der Waals surface area contributed by atoms with Crippen LogP contribution in [0.3, 0.4) is 0 Å². The van der Waals surface area contributed by atoms with Crippen molar-refractivity contribution in [3.8, 4) is 0 Å². The van der Waals surface area contributed by atoms with E-state index in [1.807, 2.05) is 19.6 Å². The molecule has 7 rings (SSSR count). The molecule has 15 nitrogen and oxygen atoms in total. The van der Waals surface area contributed by atoms with E-state index in [2.05, 4.69) is 5.32 Å². The number of benzene rings is 3. The highest BCUT2D eigenvalue weighted by Crippen LogP contribution is 2.66. The number of ketones is 1. The molecule has 1 amide bonds. The van der Waals surface area contributed by atoms with Crippen LogP contribution in [0.15, 0.2) is 102 Å². The normalized spacial score (nSPS) is 30.0. The van der Waals surface area contributed by atoms with Crippen LogP contribution in [0.25, 0.3) is 0 Å². The van der Waals surface area contributed by atoms with Gasteiger partial charge in [0.1, 0.15) is 23.9 Å². The van der Waals surface area contributed by atoms with Crippen LogP contribution in [-0.4, -0.2) is 108 Å². The Kier molecular flexibility index (Phi) is 14.4. The van der Waals surface area contributed by atoms with Crippen LogP contribution in [-0.2, 0) is 52.1 Å². The number of aliphatic hydroxyl groups is 1. The fourth-order valence-electron chi connectivity index (χ4n) is 11.0. The summed E-state index contributed by atoms with van der Waals surface area (Å²) in [7, 11) is -2.70. The standard InChI is InChI=1S/C52H61NO14SSi/c1-29-36(64-48(60)42(67-69(8,9)10)40(33-20-14-11-15-21-33)53-46(58)34-22-16-12-17-23-34)27-52(61)45(65-47(59)35-24-18-13-19-25-35)43-50(7,44(57)41(63-30(2)54)39(29)49(52,5)6)38(68-32(4)56)26-37-51(43,28-62-37)66-31(3)55/h11-25,36-38,40-43,45,61H,26-28H2,1-10H3,(H,53,58)/t36?,37?,38?,40?,41?,42?,43?,45?,50-,51?,52?/m1/s1. The van der Waals surface area contributed by atoms with Gasteiger partial charge in [0.05, 0.1) is 29.5 Å². The molecule has 3 aromatic rings. The third-order valence-electron chi connectivity index (χ3n) is 14.2. The van der Waals surface area contributed by atoms with Crippen LogP contribution in [0.5, 0.6) is 0 Å². The van der Waals surface area contributed by atoms with Gasteiger partial charge in [-0.25, -0.2) is 9.59 Å². The molecule has 2 bridgehead atoms. The summed E-state index contributed by atoms with van der Waals surface area (Å²) in [4.78, 5) is 99.6. The van der Waals surface area contributed by atoms with Crippen molar-refractivity contribution < 1.29 is 66.8 Å². The van der Waals surface area contributed by atoms with E-state index in [4.69, 9.17) is 28.1 Å². The van der Waals surface area contributed by atoms with E-state index < -0.39 is 120 Å². The minimum Gasteiger partial charge on any atom is -0.456 e. The van der Waals surface area contributed by atoms with Gasteiger partial charge in [-0.2, -0.15) is 0 Å². The molecule has 3 aromatic carbocycles. The minimum absolute atomic E-state index is 0.0182. The van der Waals surface area contributed by atoms with E-state index >= 15 is 9.59 Å². The number of fused-ring (bicyclic) bond motifs is 5. The molecule has 3 fully saturated rings. The van der Waals surface area contributed by atoms with Gasteiger partial charge in [-0.3, -0.25) is 24.0 Å². The van der Waals surface area contributed by atoms with Crippen molar-refractivity contribution in [2.75, 3.05) is 6.61 Å². The van der Waals surface area contributed by atoms with Crippen molar-refractivity contribution in [3.63, 3.8) is 0 Å². The molecule has 0 radical (unpaired) electrons. The summed E-state index contributed by atoms with van der Waals surface area (Å²) in [5.74, 6) is -6.09. The Balaban J connectivity index is 1.45. The number of hydrogen-bond donors (Lipinski definition) is 2. The summed E-state index contributed by atoms with van der Waals surface area (Å²) in [6.07, 6.45) is -7.81. The first-order chi connectivity index (χ1) is 32.4. The number of carbonyl (C=O) groups is 7. The topological polar surface area (TPSA) is 207 Å². The number of amides is 1. The second kappa shape index (κ2) is 19.4. The number of hydrogen-bond acceptors (Lipinski definition) is 15. The van der Waals surface area contributed by atoms with Crippen molar-refractivity contribution in [1.82, 2.24) is 5.32 Å². The van der Waals surface area contributed by atoms with Gasteiger partial charge in [-0.05, 0) is 74.0 Å². The van der Waals surface area contributed by atoms with Gasteiger partial charge in [0.2, 0.25) is 0 Å². The number of Topliss-reactive ketones (excluding diaryl/α,β-unsaturated/α-hetero) is 1. The molecule has 11 atom stereocenters. The first-order valence-electron chi connectivity index (χ1n) is 23.0. The summed E-state index contributed by atoms with van der Waals surface area (Å²) in [5.41, 5.74) is -6.29. The lowest BCUT2D eigenvalue weighted by Gasteiger charge is -2.68. The van der Waals surface area contributed by atoms with Crippen LogP contribution in [0.2, 0.25) is 19.6 Å². The SMILES string of the molecule is CC(=O)OC1C(=O)[C@]2(C)C(SC(C)=O)CC3OCC3(OC(C)=O)C2C(OC(=O)c2ccccc2)C2(O)CC(OC(=O)C(O[Si](C)(C)C)C(NC(=O)c3ccccc3)c3ccccc3)C(C)=C1C2(C)C. The highest BCUT2D eigenvalue weighted by atomic mass is 32.2. The monoisotopic (exact) mass is 983 g/mol. The molecule has 1 saturated heterocycles. The van der Waals surface area contributed by atoms with Crippen molar-refractivity contribution >= 4 is 60.8 Å². The first-order valence-corrected chi connectivity index (χ1v) is 27.3. The van der Waals surface area contributed by atoms with Crippen molar-refractivity contribution in [3.05, 3.63) is 119 Å². The molecule has 0 aromatic heterocycles. The molecular weight excluding hydrogens is 923 g/mol. The van der Waals surface area contributed by atoms with E-state index in [0.29, 0.717) is 11.1 Å². The van der Waals surface area contributed by atoms with E-state index in [0.717, 1.165) is 18.7 Å². The Labute approximate surface area is 407 Å². The number of nitrogens with one attached hydrogen (secondary N) is 1. The van der Waals surface area contributed by atoms with Gasteiger partial charge < -0.3 is 38.5 Å². The van der Waals surface area contributed by atoms with Gasteiger partial charge in [0, 0.05) is 43.4 Å². The second-order valence-electron chi connectivity index (χ2n) is 20.1. The Hall–Kier alpha value is -5.46. The molecule has 1 aliphatic heterocycles. The summed E-state index contributed by atoms with van der Waals surface area (Å²) in [6, 6.07) is 24.2. The summed E-state index contributed by atoms with van der Waals surface area (Å²) >= 11 is 0.854. The van der Waals surface area contributed by atoms with Crippen molar-refractivity contribution in [2.45, 2.75) is 134 Å². The zero-order valence-electron chi connectivity index (χ0n) is 40.6. The van der Waals surface area contributed by atoms with E-state index in [1.165, 1.54) is 26.0 Å². The van der Waals surface area contributed by atoms with Gasteiger partial charge in [0.25, 0.3) is 5.91 Å². The van der Waals surface area contributed by atoms with Crippen LogP contribution in [0, 0.1) is 16.7 Å². The summed E-state index contributed by atoms with van der Waals surface area (Å²) in [6.45, 7) is 15.5. The van der Waals surface area contributed by atoms with Gasteiger partial charge in [0.15, 0.2) is 37.0 Å². The lowest BCUT2D eigenvalue weighted by atomic mass is 9.45. The van der Waals surface area contributed by atoms with Gasteiger partial charge >= 0.3 is 23.9 Å². The zero-order valence-corrected chi connectivity index (χ0v) is 42.4. The number of thioether (sulfide) groups is 1. The number of carbonyl (C=O) groups excluding carboxylic acids is 7. The van der Waals surface area contributed by atoms with Crippen LogP contribution in [0.4, 0.5) is 0 Å². The maximum atomic E-state index is 16.1. The number of rotatable bonds is 13. The molecular formula is C52H61NO14SSi.